The Morgan fingerprint density at radius 3 is 1.72 bits per heavy atom. The molecule has 3 aliphatic carbocycles. The third kappa shape index (κ3) is 4.75. The van der Waals surface area contributed by atoms with Gasteiger partial charge in [0.2, 0.25) is 0 Å². The summed E-state index contributed by atoms with van der Waals surface area (Å²) in [4.78, 5) is 0. The molecule has 1 nitrogen and oxygen atoms in total. The second kappa shape index (κ2) is 8.53. The second-order valence-electron chi connectivity index (χ2n) is 8.78. The Morgan fingerprint density at radius 2 is 1.20 bits per heavy atom. The van der Waals surface area contributed by atoms with Gasteiger partial charge in [-0.25, -0.2) is 8.78 Å². The summed E-state index contributed by atoms with van der Waals surface area (Å²) in [5.74, 6) is 8.30. The minimum Gasteiger partial charge on any atom is -0.246 e. The first-order valence-electron chi connectivity index (χ1n) is 10.3. The molecule has 0 aromatic carbocycles. The van der Waals surface area contributed by atoms with E-state index in [-0.39, 0.29) is 18.8 Å². The first-order chi connectivity index (χ1) is 12.1. The molecule has 0 saturated heterocycles. The largest absolute Gasteiger partial charge is 0.246 e. The van der Waals surface area contributed by atoms with Gasteiger partial charge in [0, 0.05) is 11.8 Å². The Morgan fingerprint density at radius 1 is 0.720 bits per heavy atom. The summed E-state index contributed by atoms with van der Waals surface area (Å²) in [5, 5.41) is 8.83. The maximum absolute atomic E-state index is 13.9. The highest BCUT2D eigenvalue weighted by Crippen LogP contribution is 2.41. The summed E-state index contributed by atoms with van der Waals surface area (Å²) in [7, 11) is 0. The second-order valence-corrected chi connectivity index (χ2v) is 8.78. The van der Waals surface area contributed by atoms with Gasteiger partial charge in [0.1, 0.15) is 18.3 Å². The maximum atomic E-state index is 13.9. The van der Waals surface area contributed by atoms with Crippen molar-refractivity contribution in [2.45, 2.75) is 83.5 Å². The molecule has 0 aromatic rings. The van der Waals surface area contributed by atoms with Gasteiger partial charge in [0.25, 0.3) is 0 Å². The fraction of sp³-hybridized carbons (Fsp3) is 0.864. The zero-order valence-electron chi connectivity index (χ0n) is 15.4. The minimum atomic E-state index is -1.36. The number of hydrogen-bond acceptors (Lipinski definition) is 1. The standard InChI is InChI=1S/C22H31F2N/c1-15-2-8-18(9-3-15)19-10-6-16(7-11-19)4-5-17-12-21(23)20(14-25)22(24)13-17/h15-22H,2-3,6-13H2,1H3. The quantitative estimate of drug-likeness (QED) is 0.546. The zero-order valence-corrected chi connectivity index (χ0v) is 15.4. The molecule has 3 rings (SSSR count). The molecule has 0 bridgehead atoms. The molecule has 2 atom stereocenters. The topological polar surface area (TPSA) is 23.8 Å². The molecule has 0 radical (unpaired) electrons. The molecule has 0 spiro atoms. The molecule has 0 amide bonds. The Balaban J connectivity index is 1.45. The van der Waals surface area contributed by atoms with E-state index < -0.39 is 18.3 Å². The molecule has 0 heterocycles. The molecule has 138 valence electrons. The molecular formula is C22H31F2N. The first kappa shape index (κ1) is 18.7. The smallest absolute Gasteiger partial charge is 0.120 e. The third-order valence-electron chi connectivity index (χ3n) is 6.94. The van der Waals surface area contributed by atoms with Gasteiger partial charge >= 0.3 is 0 Å². The highest BCUT2D eigenvalue weighted by molar-refractivity contribution is 5.12. The number of hydrogen-bond donors (Lipinski definition) is 0. The zero-order chi connectivity index (χ0) is 17.8. The lowest BCUT2D eigenvalue weighted by molar-refractivity contribution is 0.0912. The van der Waals surface area contributed by atoms with Crippen molar-refractivity contribution >= 4 is 0 Å². The fourth-order valence-corrected chi connectivity index (χ4v) is 5.17. The van der Waals surface area contributed by atoms with Crippen molar-refractivity contribution in [3.63, 3.8) is 0 Å². The van der Waals surface area contributed by atoms with E-state index >= 15 is 0 Å². The van der Waals surface area contributed by atoms with E-state index in [0.29, 0.717) is 5.92 Å². The molecule has 0 aliphatic heterocycles. The Kier molecular flexibility index (Phi) is 6.38. The van der Waals surface area contributed by atoms with Gasteiger partial charge in [0.05, 0.1) is 6.07 Å². The van der Waals surface area contributed by atoms with Crippen LogP contribution in [0.25, 0.3) is 0 Å². The number of alkyl halides is 2. The minimum absolute atomic E-state index is 0.216. The molecule has 3 aliphatic rings. The van der Waals surface area contributed by atoms with Crippen molar-refractivity contribution in [1.82, 2.24) is 0 Å². The van der Waals surface area contributed by atoms with Crippen LogP contribution in [0.3, 0.4) is 0 Å². The van der Waals surface area contributed by atoms with Gasteiger partial charge in [-0.3, -0.25) is 0 Å². The predicted octanol–water partition coefficient (Wildman–Crippen LogP) is 5.85. The molecule has 2 unspecified atom stereocenters. The van der Waals surface area contributed by atoms with E-state index in [2.05, 4.69) is 18.8 Å². The summed E-state index contributed by atoms with van der Waals surface area (Å²) in [5.41, 5.74) is 0. The van der Waals surface area contributed by atoms with E-state index in [9.17, 15) is 8.78 Å². The predicted molar refractivity (Wildman–Crippen MR) is 96.0 cm³/mol. The summed E-state index contributed by atoms with van der Waals surface area (Å²) in [6, 6.07) is 1.77. The summed E-state index contributed by atoms with van der Waals surface area (Å²) in [6.07, 6.45) is 8.16. The Hall–Kier alpha value is -1.09. The van der Waals surface area contributed by atoms with Crippen LogP contribution in [-0.2, 0) is 0 Å². The molecule has 3 saturated carbocycles. The van der Waals surface area contributed by atoms with Gasteiger partial charge in [-0.05, 0) is 69.1 Å². The highest BCUT2D eigenvalue weighted by Gasteiger charge is 2.38. The Bertz CT molecular complexity index is 514. The van der Waals surface area contributed by atoms with Crippen LogP contribution >= 0.6 is 0 Å². The SMILES string of the molecule is CC1CCC(C2CCC(C#CC3CC(F)C(C#N)C(F)C3)CC2)CC1. The van der Waals surface area contributed by atoms with Crippen LogP contribution in [0, 0.1) is 58.7 Å². The van der Waals surface area contributed by atoms with Crippen LogP contribution in [0.4, 0.5) is 8.78 Å². The first-order valence-corrected chi connectivity index (χ1v) is 10.3. The highest BCUT2D eigenvalue weighted by atomic mass is 19.1. The van der Waals surface area contributed by atoms with Crippen molar-refractivity contribution in [3.8, 4) is 17.9 Å². The van der Waals surface area contributed by atoms with Crippen molar-refractivity contribution < 1.29 is 8.78 Å². The molecule has 0 N–H and O–H groups in total. The van der Waals surface area contributed by atoms with E-state index in [0.717, 1.165) is 30.6 Å². The molecule has 0 aromatic heterocycles. The average Bonchev–Trinajstić information content (AvgIpc) is 2.61. The number of halogens is 2. The van der Waals surface area contributed by atoms with Crippen molar-refractivity contribution in [3.05, 3.63) is 0 Å². The maximum Gasteiger partial charge on any atom is 0.120 e. The summed E-state index contributed by atoms with van der Waals surface area (Å²) >= 11 is 0. The van der Waals surface area contributed by atoms with Gasteiger partial charge in [-0.2, -0.15) is 5.26 Å². The number of nitrogens with zero attached hydrogens (tertiary/aromatic N) is 1. The van der Waals surface area contributed by atoms with Crippen LogP contribution in [-0.4, -0.2) is 12.3 Å². The molecular weight excluding hydrogens is 316 g/mol. The van der Waals surface area contributed by atoms with Gasteiger partial charge in [-0.1, -0.05) is 31.6 Å². The van der Waals surface area contributed by atoms with Gasteiger partial charge in [0.15, 0.2) is 0 Å². The lowest BCUT2D eigenvalue weighted by atomic mass is 9.69. The van der Waals surface area contributed by atoms with Crippen LogP contribution in [0.2, 0.25) is 0 Å². The lowest BCUT2D eigenvalue weighted by Crippen LogP contribution is -2.34. The van der Waals surface area contributed by atoms with Crippen LogP contribution in [0.5, 0.6) is 0 Å². The number of rotatable bonds is 1. The van der Waals surface area contributed by atoms with Crippen molar-refractivity contribution in [2.24, 2.45) is 35.5 Å². The summed E-state index contributed by atoms with van der Waals surface area (Å²) in [6.45, 7) is 2.37. The van der Waals surface area contributed by atoms with Crippen molar-refractivity contribution in [1.29, 1.82) is 5.26 Å². The van der Waals surface area contributed by atoms with E-state index in [1.807, 2.05) is 0 Å². The van der Waals surface area contributed by atoms with Gasteiger partial charge in [-0.15, -0.1) is 0 Å². The Labute approximate surface area is 151 Å². The van der Waals surface area contributed by atoms with Crippen LogP contribution in [0.15, 0.2) is 0 Å². The summed E-state index contributed by atoms with van der Waals surface area (Å²) < 4.78 is 27.7. The van der Waals surface area contributed by atoms with Crippen LogP contribution in [0.1, 0.15) is 71.1 Å². The molecule has 3 fully saturated rings. The fourth-order valence-electron chi connectivity index (χ4n) is 5.17. The van der Waals surface area contributed by atoms with Crippen LogP contribution < -0.4 is 0 Å². The lowest BCUT2D eigenvalue weighted by Gasteiger charge is -2.36. The monoisotopic (exact) mass is 347 g/mol. The van der Waals surface area contributed by atoms with E-state index in [1.165, 1.54) is 38.5 Å². The number of nitriles is 1. The average molecular weight is 347 g/mol. The third-order valence-corrected chi connectivity index (χ3v) is 6.94. The van der Waals surface area contributed by atoms with Gasteiger partial charge < -0.3 is 0 Å². The molecule has 3 heteroatoms. The van der Waals surface area contributed by atoms with E-state index in [4.69, 9.17) is 5.26 Å². The van der Waals surface area contributed by atoms with Crippen molar-refractivity contribution in [2.75, 3.05) is 0 Å². The molecule has 25 heavy (non-hydrogen) atoms. The normalized spacial score (nSPS) is 45.0. The van der Waals surface area contributed by atoms with E-state index in [1.54, 1.807) is 6.07 Å².